The highest BCUT2D eigenvalue weighted by Crippen LogP contribution is 2.25. The van der Waals surface area contributed by atoms with E-state index >= 15 is 0 Å². The van der Waals surface area contributed by atoms with Crippen LogP contribution in [-0.2, 0) is 0 Å². The van der Waals surface area contributed by atoms with Gasteiger partial charge in [0, 0.05) is 21.6 Å². The molecule has 16 heavy (non-hydrogen) atoms. The van der Waals surface area contributed by atoms with Crippen LogP contribution in [0.2, 0.25) is 5.02 Å². The highest BCUT2D eigenvalue weighted by atomic mass is 35.5. The molecule has 1 nitrogen and oxygen atoms in total. The molecule has 0 aromatic heterocycles. The molecule has 4 heteroatoms. The first-order valence-corrected chi connectivity index (χ1v) is 6.71. The zero-order valence-electron chi connectivity index (χ0n) is 9.41. The lowest BCUT2D eigenvalue weighted by molar-refractivity contribution is 0.199. The van der Waals surface area contributed by atoms with Crippen LogP contribution < -0.4 is 0 Å². The Kier molecular flexibility index (Phi) is 5.59. The molecule has 0 amide bonds. The summed E-state index contributed by atoms with van der Waals surface area (Å²) in [5, 5.41) is 10.7. The van der Waals surface area contributed by atoms with Gasteiger partial charge in [-0.25, -0.2) is 4.39 Å². The van der Waals surface area contributed by atoms with E-state index in [-0.39, 0.29) is 0 Å². The van der Waals surface area contributed by atoms with Crippen LogP contribution in [0.5, 0.6) is 0 Å². The molecule has 1 aromatic carbocycles. The Morgan fingerprint density at radius 2 is 2.19 bits per heavy atom. The summed E-state index contributed by atoms with van der Waals surface area (Å²) in [5.74, 6) is 0.0675. The molecule has 0 bridgehead atoms. The molecule has 0 radical (unpaired) electrons. The standard InChI is InChI=1S/C12H16ClFOS/c1-3-8(2)16-7-12(15)10-5-4-9(13)6-11(10)14/h4-6,8,12,15H,3,7H2,1-2H3. The van der Waals surface area contributed by atoms with E-state index in [0.717, 1.165) is 6.42 Å². The topological polar surface area (TPSA) is 20.2 Å². The van der Waals surface area contributed by atoms with Crippen molar-refractivity contribution in [2.24, 2.45) is 0 Å². The summed E-state index contributed by atoms with van der Waals surface area (Å²) in [5.41, 5.74) is 0.320. The largest absolute Gasteiger partial charge is 0.387 e. The fraction of sp³-hybridized carbons (Fsp3) is 0.500. The van der Waals surface area contributed by atoms with Gasteiger partial charge in [-0.05, 0) is 18.6 Å². The fourth-order valence-corrected chi connectivity index (χ4v) is 2.32. The summed E-state index contributed by atoms with van der Waals surface area (Å²) in [6.07, 6.45) is 0.275. The van der Waals surface area contributed by atoms with E-state index in [9.17, 15) is 9.50 Å². The number of aliphatic hydroxyl groups excluding tert-OH is 1. The van der Waals surface area contributed by atoms with E-state index < -0.39 is 11.9 Å². The summed E-state index contributed by atoms with van der Waals surface area (Å²) in [6, 6.07) is 4.37. The van der Waals surface area contributed by atoms with Crippen molar-refractivity contribution >= 4 is 23.4 Å². The van der Waals surface area contributed by atoms with E-state index in [4.69, 9.17) is 11.6 Å². The molecule has 0 saturated heterocycles. The van der Waals surface area contributed by atoms with Gasteiger partial charge in [0.15, 0.2) is 0 Å². The first-order valence-electron chi connectivity index (χ1n) is 5.29. The Balaban J connectivity index is 2.62. The van der Waals surface area contributed by atoms with Gasteiger partial charge in [-0.15, -0.1) is 0 Å². The number of aliphatic hydroxyl groups is 1. The van der Waals surface area contributed by atoms with Crippen LogP contribution in [0, 0.1) is 5.82 Å². The van der Waals surface area contributed by atoms with Crippen molar-refractivity contribution in [3.8, 4) is 0 Å². The van der Waals surface area contributed by atoms with Gasteiger partial charge < -0.3 is 5.11 Å². The Hall–Kier alpha value is -0.250. The minimum absolute atomic E-state index is 0.320. The Morgan fingerprint density at radius 1 is 1.50 bits per heavy atom. The van der Waals surface area contributed by atoms with Crippen LogP contribution in [-0.4, -0.2) is 16.1 Å². The predicted molar refractivity (Wildman–Crippen MR) is 68.6 cm³/mol. The monoisotopic (exact) mass is 262 g/mol. The molecule has 2 unspecified atom stereocenters. The van der Waals surface area contributed by atoms with Crippen molar-refractivity contribution < 1.29 is 9.50 Å². The molecule has 1 rings (SSSR count). The van der Waals surface area contributed by atoms with Crippen LogP contribution in [0.25, 0.3) is 0 Å². The average molecular weight is 263 g/mol. The fourth-order valence-electron chi connectivity index (χ4n) is 1.23. The van der Waals surface area contributed by atoms with Crippen molar-refractivity contribution in [2.75, 3.05) is 5.75 Å². The second-order valence-corrected chi connectivity index (χ2v) is 5.64. The smallest absolute Gasteiger partial charge is 0.130 e. The summed E-state index contributed by atoms with van der Waals surface area (Å²) < 4.78 is 13.5. The molecular formula is C12H16ClFOS. The molecule has 0 heterocycles. The first-order chi connectivity index (χ1) is 7.54. The van der Waals surface area contributed by atoms with Gasteiger partial charge in [0.05, 0.1) is 6.10 Å². The lowest BCUT2D eigenvalue weighted by atomic mass is 10.1. The summed E-state index contributed by atoms with van der Waals surface area (Å²) in [6.45, 7) is 4.18. The van der Waals surface area contributed by atoms with E-state index in [0.29, 0.717) is 21.6 Å². The van der Waals surface area contributed by atoms with Crippen LogP contribution in [0.1, 0.15) is 31.9 Å². The highest BCUT2D eigenvalue weighted by molar-refractivity contribution is 7.99. The molecule has 0 aliphatic heterocycles. The van der Waals surface area contributed by atoms with Gasteiger partial charge >= 0.3 is 0 Å². The zero-order valence-corrected chi connectivity index (χ0v) is 11.0. The molecule has 0 aliphatic rings. The van der Waals surface area contributed by atoms with E-state index in [1.165, 1.54) is 6.07 Å². The van der Waals surface area contributed by atoms with Crippen molar-refractivity contribution in [2.45, 2.75) is 31.6 Å². The third-order valence-corrected chi connectivity index (χ3v) is 4.08. The van der Waals surface area contributed by atoms with Crippen LogP contribution in [0.3, 0.4) is 0 Å². The van der Waals surface area contributed by atoms with Crippen molar-refractivity contribution in [1.29, 1.82) is 0 Å². The molecule has 1 aromatic rings. The van der Waals surface area contributed by atoms with E-state index in [1.807, 2.05) is 0 Å². The van der Waals surface area contributed by atoms with Crippen LogP contribution >= 0.6 is 23.4 Å². The Morgan fingerprint density at radius 3 is 2.75 bits per heavy atom. The second kappa shape index (κ2) is 6.48. The number of hydrogen-bond acceptors (Lipinski definition) is 2. The SMILES string of the molecule is CCC(C)SCC(O)c1ccc(Cl)cc1F. The van der Waals surface area contributed by atoms with Crippen LogP contribution in [0.4, 0.5) is 4.39 Å². The summed E-state index contributed by atoms with van der Waals surface area (Å²) >= 11 is 7.29. The zero-order chi connectivity index (χ0) is 12.1. The molecule has 90 valence electrons. The number of hydrogen-bond donors (Lipinski definition) is 1. The number of thioether (sulfide) groups is 1. The Bertz CT molecular complexity index is 346. The second-order valence-electron chi connectivity index (χ2n) is 3.73. The van der Waals surface area contributed by atoms with Crippen molar-refractivity contribution in [1.82, 2.24) is 0 Å². The van der Waals surface area contributed by atoms with Gasteiger partial charge in [-0.1, -0.05) is 31.5 Å². The third-order valence-electron chi connectivity index (χ3n) is 2.44. The van der Waals surface area contributed by atoms with Gasteiger partial charge in [0.1, 0.15) is 5.82 Å². The molecule has 0 aliphatic carbocycles. The van der Waals surface area contributed by atoms with E-state index in [2.05, 4.69) is 13.8 Å². The van der Waals surface area contributed by atoms with Gasteiger partial charge in [-0.2, -0.15) is 11.8 Å². The summed E-state index contributed by atoms with van der Waals surface area (Å²) in [7, 11) is 0. The van der Waals surface area contributed by atoms with Crippen LogP contribution in [0.15, 0.2) is 18.2 Å². The van der Waals surface area contributed by atoms with Crippen molar-refractivity contribution in [3.05, 3.63) is 34.6 Å². The molecule has 1 N–H and O–H groups in total. The lowest BCUT2D eigenvalue weighted by Gasteiger charge is -2.14. The summed E-state index contributed by atoms with van der Waals surface area (Å²) in [4.78, 5) is 0. The quantitative estimate of drug-likeness (QED) is 0.864. The van der Waals surface area contributed by atoms with Gasteiger partial charge in [0.2, 0.25) is 0 Å². The maximum absolute atomic E-state index is 13.5. The van der Waals surface area contributed by atoms with Gasteiger partial charge in [0.25, 0.3) is 0 Å². The molecule has 0 saturated carbocycles. The number of rotatable bonds is 5. The minimum atomic E-state index is -0.767. The maximum Gasteiger partial charge on any atom is 0.130 e. The predicted octanol–water partition coefficient (Wildman–Crippen LogP) is 4.04. The van der Waals surface area contributed by atoms with E-state index in [1.54, 1.807) is 23.9 Å². The molecular weight excluding hydrogens is 247 g/mol. The highest BCUT2D eigenvalue weighted by Gasteiger charge is 2.14. The first kappa shape index (κ1) is 13.8. The minimum Gasteiger partial charge on any atom is -0.387 e. The molecule has 2 atom stereocenters. The van der Waals surface area contributed by atoms with Gasteiger partial charge in [-0.3, -0.25) is 0 Å². The Labute approximate surface area is 105 Å². The normalized spacial score (nSPS) is 14.8. The lowest BCUT2D eigenvalue weighted by Crippen LogP contribution is -2.06. The molecule has 0 spiro atoms. The third kappa shape index (κ3) is 3.96. The maximum atomic E-state index is 13.5. The number of benzene rings is 1. The average Bonchev–Trinajstić information content (AvgIpc) is 2.25. The molecule has 0 fully saturated rings. The number of halogens is 2. The van der Waals surface area contributed by atoms with Crippen molar-refractivity contribution in [3.63, 3.8) is 0 Å².